The molecule has 0 radical (unpaired) electrons. The summed E-state index contributed by atoms with van der Waals surface area (Å²) in [5.41, 5.74) is 4.17. The van der Waals surface area contributed by atoms with Crippen LogP contribution in [0, 0.1) is 0 Å². The summed E-state index contributed by atoms with van der Waals surface area (Å²) in [6.07, 6.45) is 1.78. The molecule has 9 nitrogen and oxygen atoms in total. The molecule has 0 bridgehead atoms. The summed E-state index contributed by atoms with van der Waals surface area (Å²) < 4.78 is 10.6. The summed E-state index contributed by atoms with van der Waals surface area (Å²) in [6, 6.07) is -2.42. The van der Waals surface area contributed by atoms with Gasteiger partial charge < -0.3 is 25.8 Å². The number of carbonyl (C=O) groups is 4. The summed E-state index contributed by atoms with van der Waals surface area (Å²) >= 11 is 0. The maximum atomic E-state index is 12.4. The van der Waals surface area contributed by atoms with Crippen LogP contribution in [0.5, 0.6) is 0 Å². The SMILES string of the molecule is CC(=O)[C@H](CCC(=O)OC(C)(C)C)NC(=O)N[C@@H](CCCCN)C(=O)OC(C)(C)C. The molecule has 0 rings (SSSR count). The predicted octanol–water partition coefficient (Wildman–Crippen LogP) is 2.20. The molecule has 0 unspecified atom stereocenters. The van der Waals surface area contributed by atoms with Crippen molar-refractivity contribution >= 4 is 23.8 Å². The van der Waals surface area contributed by atoms with Gasteiger partial charge in [0.15, 0.2) is 5.78 Å². The van der Waals surface area contributed by atoms with Crippen LogP contribution in [-0.2, 0) is 23.9 Å². The molecular formula is C21H39N3O6. The molecule has 0 saturated heterocycles. The maximum Gasteiger partial charge on any atom is 0.329 e. The van der Waals surface area contributed by atoms with Gasteiger partial charge in [0, 0.05) is 6.42 Å². The third kappa shape index (κ3) is 13.9. The molecule has 30 heavy (non-hydrogen) atoms. The number of carbonyl (C=O) groups excluding carboxylic acids is 4. The van der Waals surface area contributed by atoms with Gasteiger partial charge in [-0.05, 0) is 80.7 Å². The van der Waals surface area contributed by atoms with Crippen molar-refractivity contribution in [2.45, 2.75) is 104 Å². The number of nitrogens with one attached hydrogen (secondary N) is 2. The molecule has 2 amide bonds. The van der Waals surface area contributed by atoms with Crippen LogP contribution in [0.25, 0.3) is 0 Å². The zero-order chi connectivity index (χ0) is 23.5. The molecule has 0 saturated carbocycles. The van der Waals surface area contributed by atoms with Crippen molar-refractivity contribution < 1.29 is 28.7 Å². The first-order chi connectivity index (χ1) is 13.6. The highest BCUT2D eigenvalue weighted by atomic mass is 16.6. The number of hydrogen-bond acceptors (Lipinski definition) is 7. The van der Waals surface area contributed by atoms with Crippen LogP contribution in [0.4, 0.5) is 4.79 Å². The Labute approximate surface area is 179 Å². The van der Waals surface area contributed by atoms with Crippen LogP contribution < -0.4 is 16.4 Å². The van der Waals surface area contributed by atoms with Crippen LogP contribution in [-0.4, -0.2) is 53.6 Å². The van der Waals surface area contributed by atoms with Gasteiger partial charge in [-0.1, -0.05) is 0 Å². The molecule has 4 N–H and O–H groups in total. The van der Waals surface area contributed by atoms with E-state index >= 15 is 0 Å². The largest absolute Gasteiger partial charge is 0.460 e. The fourth-order valence-corrected chi connectivity index (χ4v) is 2.50. The molecule has 2 atom stereocenters. The number of rotatable bonds is 11. The van der Waals surface area contributed by atoms with Crippen molar-refractivity contribution in [1.82, 2.24) is 10.6 Å². The number of unbranched alkanes of at least 4 members (excludes halogenated alkanes) is 1. The number of amides is 2. The molecule has 0 aromatic carbocycles. The lowest BCUT2D eigenvalue weighted by Crippen LogP contribution is -2.52. The van der Waals surface area contributed by atoms with Gasteiger partial charge in [-0.2, -0.15) is 0 Å². The fraction of sp³-hybridized carbons (Fsp3) is 0.810. The van der Waals surface area contributed by atoms with Crippen LogP contribution in [0.2, 0.25) is 0 Å². The molecule has 0 spiro atoms. The summed E-state index contributed by atoms with van der Waals surface area (Å²) in [6.45, 7) is 12.3. The van der Waals surface area contributed by atoms with E-state index in [0.717, 1.165) is 0 Å². The monoisotopic (exact) mass is 429 g/mol. The molecule has 0 aromatic rings. The minimum atomic E-state index is -0.874. The zero-order valence-electron chi connectivity index (χ0n) is 19.4. The van der Waals surface area contributed by atoms with E-state index in [0.29, 0.717) is 25.8 Å². The quantitative estimate of drug-likeness (QED) is 0.338. The van der Waals surface area contributed by atoms with Gasteiger partial charge in [-0.3, -0.25) is 9.59 Å². The number of esters is 2. The van der Waals surface area contributed by atoms with E-state index in [9.17, 15) is 19.2 Å². The van der Waals surface area contributed by atoms with Crippen molar-refractivity contribution in [2.24, 2.45) is 5.73 Å². The summed E-state index contributed by atoms with van der Waals surface area (Å²) in [4.78, 5) is 48.6. The van der Waals surface area contributed by atoms with E-state index in [1.54, 1.807) is 41.5 Å². The topological polar surface area (TPSA) is 137 Å². The van der Waals surface area contributed by atoms with Gasteiger partial charge in [0.05, 0.1) is 6.04 Å². The van der Waals surface area contributed by atoms with Gasteiger partial charge in [-0.25, -0.2) is 9.59 Å². The Balaban J connectivity index is 4.93. The number of Topliss-reactive ketones (excluding diaryl/α,β-unsaturated/α-hetero) is 1. The number of hydrogen-bond donors (Lipinski definition) is 3. The molecule has 0 fully saturated rings. The van der Waals surface area contributed by atoms with E-state index in [4.69, 9.17) is 15.2 Å². The van der Waals surface area contributed by atoms with Gasteiger partial charge in [0.1, 0.15) is 17.2 Å². The Morgan fingerprint density at radius 1 is 0.833 bits per heavy atom. The highest BCUT2D eigenvalue weighted by molar-refractivity contribution is 5.89. The van der Waals surface area contributed by atoms with Crippen molar-refractivity contribution in [3.8, 4) is 0 Å². The van der Waals surface area contributed by atoms with Gasteiger partial charge in [0.2, 0.25) is 0 Å². The molecule has 174 valence electrons. The van der Waals surface area contributed by atoms with Crippen molar-refractivity contribution in [1.29, 1.82) is 0 Å². The lowest BCUT2D eigenvalue weighted by molar-refractivity contribution is -0.157. The Morgan fingerprint density at radius 3 is 1.83 bits per heavy atom. The lowest BCUT2D eigenvalue weighted by atomic mass is 10.1. The van der Waals surface area contributed by atoms with Gasteiger partial charge in [-0.15, -0.1) is 0 Å². The van der Waals surface area contributed by atoms with Crippen molar-refractivity contribution in [3.05, 3.63) is 0 Å². The van der Waals surface area contributed by atoms with Crippen LogP contribution >= 0.6 is 0 Å². The van der Waals surface area contributed by atoms with Crippen LogP contribution in [0.1, 0.15) is 80.6 Å². The second-order valence-corrected chi connectivity index (χ2v) is 9.28. The van der Waals surface area contributed by atoms with E-state index in [-0.39, 0.29) is 18.6 Å². The Morgan fingerprint density at radius 2 is 1.37 bits per heavy atom. The second-order valence-electron chi connectivity index (χ2n) is 9.28. The first kappa shape index (κ1) is 27.8. The number of ketones is 1. The van der Waals surface area contributed by atoms with Crippen molar-refractivity contribution in [3.63, 3.8) is 0 Å². The Bertz CT molecular complexity index is 593. The van der Waals surface area contributed by atoms with Crippen molar-refractivity contribution in [2.75, 3.05) is 6.54 Å². The Kier molecular flexibility index (Phi) is 11.6. The number of urea groups is 1. The van der Waals surface area contributed by atoms with E-state index in [2.05, 4.69) is 10.6 Å². The first-order valence-corrected chi connectivity index (χ1v) is 10.4. The summed E-state index contributed by atoms with van der Waals surface area (Å²) in [5.74, 6) is -1.31. The molecular weight excluding hydrogens is 390 g/mol. The molecule has 9 heteroatoms. The molecule has 0 heterocycles. The minimum Gasteiger partial charge on any atom is -0.460 e. The van der Waals surface area contributed by atoms with Gasteiger partial charge in [0.25, 0.3) is 0 Å². The normalized spacial score (nSPS) is 13.7. The zero-order valence-corrected chi connectivity index (χ0v) is 19.4. The third-order valence-corrected chi connectivity index (χ3v) is 3.80. The third-order valence-electron chi connectivity index (χ3n) is 3.80. The minimum absolute atomic E-state index is 0.0200. The van der Waals surface area contributed by atoms with Crippen LogP contribution in [0.15, 0.2) is 0 Å². The number of nitrogens with two attached hydrogens (primary N) is 1. The van der Waals surface area contributed by atoms with Gasteiger partial charge >= 0.3 is 18.0 Å². The first-order valence-electron chi connectivity index (χ1n) is 10.4. The van der Waals surface area contributed by atoms with E-state index in [1.807, 2.05) is 0 Å². The molecule has 0 aliphatic heterocycles. The average molecular weight is 430 g/mol. The predicted molar refractivity (Wildman–Crippen MR) is 114 cm³/mol. The van der Waals surface area contributed by atoms with E-state index in [1.165, 1.54) is 6.92 Å². The van der Waals surface area contributed by atoms with Crippen LogP contribution in [0.3, 0.4) is 0 Å². The number of ether oxygens (including phenoxy) is 2. The maximum absolute atomic E-state index is 12.4. The molecule has 0 aliphatic rings. The smallest absolute Gasteiger partial charge is 0.329 e. The van der Waals surface area contributed by atoms with E-state index < -0.39 is 41.3 Å². The Hall–Kier alpha value is -2.16. The average Bonchev–Trinajstić information content (AvgIpc) is 2.54. The molecule has 0 aromatic heterocycles. The highest BCUT2D eigenvalue weighted by Crippen LogP contribution is 2.12. The lowest BCUT2D eigenvalue weighted by Gasteiger charge is -2.25. The fourth-order valence-electron chi connectivity index (χ4n) is 2.50. The standard InChI is InChI=1S/C21H39N3O6/c1-14(25)15(11-12-17(26)29-20(2,3)4)23-19(28)24-16(10-8-9-13-22)18(27)30-21(5,6)7/h15-16H,8-13,22H2,1-7H3,(H2,23,24,28)/t15-,16-/m0/s1. The molecule has 0 aliphatic carbocycles. The summed E-state index contributed by atoms with van der Waals surface area (Å²) in [7, 11) is 0. The second kappa shape index (κ2) is 12.5. The summed E-state index contributed by atoms with van der Waals surface area (Å²) in [5, 5.41) is 5.11. The highest BCUT2D eigenvalue weighted by Gasteiger charge is 2.28.